The maximum Gasteiger partial charge on any atom is 0.249 e. The highest BCUT2D eigenvalue weighted by molar-refractivity contribution is 5.80. The van der Waals surface area contributed by atoms with Gasteiger partial charge in [0, 0.05) is 0 Å². The van der Waals surface area contributed by atoms with Crippen molar-refractivity contribution in [2.24, 2.45) is 0 Å². The molecule has 0 aromatic heterocycles. The summed E-state index contributed by atoms with van der Waals surface area (Å²) in [5.74, 6) is -0.604. The van der Waals surface area contributed by atoms with Crippen molar-refractivity contribution < 1.29 is 25.2 Å². The Balaban J connectivity index is 3.83. The molecule has 0 saturated heterocycles. The Morgan fingerprint density at radius 3 is 1.29 bits per heavy atom. The lowest BCUT2D eigenvalue weighted by Crippen LogP contribution is -2.53. The van der Waals surface area contributed by atoms with Gasteiger partial charge in [-0.05, 0) is 77.0 Å². The van der Waals surface area contributed by atoms with E-state index in [2.05, 4.69) is 55.6 Å². The Kier molecular flexibility index (Phi) is 36.6. The molecule has 1 amide bonds. The molecule has 0 saturated carbocycles. The van der Waals surface area contributed by atoms with Crippen molar-refractivity contribution in [3.8, 4) is 0 Å². The minimum atomic E-state index is -1.29. The lowest BCUT2D eigenvalue weighted by atomic mass is 10.00. The highest BCUT2D eigenvalue weighted by Crippen LogP contribution is 2.14. The first-order valence-electron chi connectivity index (χ1n) is 20.9. The van der Waals surface area contributed by atoms with Gasteiger partial charge in [-0.15, -0.1) is 0 Å². The second-order valence-electron chi connectivity index (χ2n) is 14.3. The van der Waals surface area contributed by atoms with Crippen molar-refractivity contribution in [2.45, 2.75) is 224 Å². The Morgan fingerprint density at radius 1 is 0.490 bits per heavy atom. The van der Waals surface area contributed by atoms with Gasteiger partial charge in [0.2, 0.25) is 5.91 Å². The fourth-order valence-electron chi connectivity index (χ4n) is 6.18. The summed E-state index contributed by atoms with van der Waals surface area (Å²) in [4.78, 5) is 12.5. The zero-order valence-electron chi connectivity index (χ0n) is 32.2. The number of hydrogen-bond acceptors (Lipinski definition) is 5. The van der Waals surface area contributed by atoms with E-state index in [1.54, 1.807) is 0 Å². The Hall–Kier alpha value is -1.47. The zero-order chi connectivity index (χ0) is 36.0. The average molecular weight is 692 g/mol. The molecule has 0 radical (unpaired) electrons. The van der Waals surface area contributed by atoms with E-state index in [-0.39, 0.29) is 0 Å². The van der Waals surface area contributed by atoms with Crippen LogP contribution in [0.2, 0.25) is 0 Å². The van der Waals surface area contributed by atoms with Crippen LogP contribution in [0.5, 0.6) is 0 Å². The highest BCUT2D eigenvalue weighted by Gasteiger charge is 2.28. The number of hydrogen-bond donors (Lipinski definition) is 5. The molecule has 0 heterocycles. The zero-order valence-corrected chi connectivity index (χ0v) is 32.2. The van der Waals surface area contributed by atoms with Crippen LogP contribution in [0.4, 0.5) is 0 Å². The topological polar surface area (TPSA) is 110 Å². The number of carbonyl (C=O) groups is 1. The van der Waals surface area contributed by atoms with E-state index in [0.717, 1.165) is 51.4 Å². The van der Waals surface area contributed by atoms with Gasteiger partial charge in [0.15, 0.2) is 0 Å². The second kappa shape index (κ2) is 37.8. The molecule has 6 nitrogen and oxygen atoms in total. The molecule has 288 valence electrons. The van der Waals surface area contributed by atoms with Crippen molar-refractivity contribution >= 4 is 5.91 Å². The van der Waals surface area contributed by atoms with Gasteiger partial charge < -0.3 is 25.7 Å². The maximum atomic E-state index is 12.5. The average Bonchev–Trinajstić information content (AvgIpc) is 3.11. The largest absolute Gasteiger partial charge is 0.394 e. The first kappa shape index (κ1) is 47.5. The molecule has 49 heavy (non-hydrogen) atoms. The van der Waals surface area contributed by atoms with Crippen LogP contribution >= 0.6 is 0 Å². The van der Waals surface area contributed by atoms with E-state index < -0.39 is 36.9 Å². The van der Waals surface area contributed by atoms with Crippen LogP contribution in [0.3, 0.4) is 0 Å². The summed E-state index contributed by atoms with van der Waals surface area (Å²) in [5.41, 5.74) is 0. The Morgan fingerprint density at radius 2 is 0.857 bits per heavy atom. The van der Waals surface area contributed by atoms with Crippen LogP contribution in [0.1, 0.15) is 200 Å². The number of aliphatic hydroxyl groups excluding tert-OH is 4. The molecule has 6 heteroatoms. The van der Waals surface area contributed by atoms with Crippen molar-refractivity contribution in [2.75, 3.05) is 6.61 Å². The quantitative estimate of drug-likeness (QED) is 0.0329. The standard InChI is InChI=1S/C43H81NO5/c1-3-5-7-9-11-13-15-17-19-20-21-22-23-25-27-29-31-33-35-37-41(47)43(49)44-39(38-45)42(48)40(46)36-34-32-30-28-26-24-18-16-14-12-10-8-6-4-2/h16,18,21-22,28,30,39-42,45-48H,3-15,17,19-20,23-27,29,31-38H2,1-2H3,(H,44,49)/b18-16+,22-21-,30-28+. The fourth-order valence-corrected chi connectivity index (χ4v) is 6.18. The summed E-state index contributed by atoms with van der Waals surface area (Å²) in [7, 11) is 0. The smallest absolute Gasteiger partial charge is 0.249 e. The van der Waals surface area contributed by atoms with Crippen LogP contribution in [-0.4, -0.2) is 57.3 Å². The van der Waals surface area contributed by atoms with E-state index >= 15 is 0 Å². The molecule has 0 aromatic rings. The molecule has 4 atom stereocenters. The summed E-state index contributed by atoms with van der Waals surface area (Å²) in [6, 6.07) is -1.01. The van der Waals surface area contributed by atoms with Crippen molar-refractivity contribution in [1.29, 1.82) is 0 Å². The summed E-state index contributed by atoms with van der Waals surface area (Å²) >= 11 is 0. The van der Waals surface area contributed by atoms with Gasteiger partial charge in [0.05, 0.1) is 18.8 Å². The first-order valence-corrected chi connectivity index (χ1v) is 20.9. The van der Waals surface area contributed by atoms with Crippen LogP contribution in [0, 0.1) is 0 Å². The maximum absolute atomic E-state index is 12.5. The van der Waals surface area contributed by atoms with Gasteiger partial charge in [-0.1, -0.05) is 159 Å². The predicted octanol–water partition coefficient (Wildman–Crippen LogP) is 10.6. The van der Waals surface area contributed by atoms with Crippen LogP contribution < -0.4 is 5.32 Å². The van der Waals surface area contributed by atoms with Crippen molar-refractivity contribution in [1.82, 2.24) is 5.32 Å². The molecular weight excluding hydrogens is 610 g/mol. The van der Waals surface area contributed by atoms with E-state index in [0.29, 0.717) is 19.3 Å². The van der Waals surface area contributed by atoms with E-state index in [1.807, 2.05) is 0 Å². The lowest BCUT2D eigenvalue weighted by Gasteiger charge is -2.27. The normalized spacial score (nSPS) is 14.7. The Labute approximate surface area is 303 Å². The van der Waals surface area contributed by atoms with Gasteiger partial charge in [0.25, 0.3) is 0 Å². The summed E-state index contributed by atoms with van der Waals surface area (Å²) in [5, 5.41) is 43.5. The number of amides is 1. The molecular formula is C43H81NO5. The molecule has 0 rings (SSSR count). The minimum Gasteiger partial charge on any atom is -0.394 e. The number of nitrogens with one attached hydrogen (secondary N) is 1. The lowest BCUT2D eigenvalue weighted by molar-refractivity contribution is -0.132. The molecule has 0 spiro atoms. The molecule has 0 aliphatic heterocycles. The molecule has 5 N–H and O–H groups in total. The number of rotatable bonds is 37. The molecule has 0 aliphatic carbocycles. The number of unbranched alkanes of at least 4 members (excludes halogenated alkanes) is 22. The molecule has 0 aromatic carbocycles. The summed E-state index contributed by atoms with van der Waals surface area (Å²) < 4.78 is 0. The number of allylic oxidation sites excluding steroid dienone is 6. The van der Waals surface area contributed by atoms with Crippen LogP contribution in [0.25, 0.3) is 0 Å². The highest BCUT2D eigenvalue weighted by atomic mass is 16.3. The van der Waals surface area contributed by atoms with E-state index in [1.165, 1.54) is 116 Å². The van der Waals surface area contributed by atoms with Gasteiger partial charge in [-0.25, -0.2) is 0 Å². The van der Waals surface area contributed by atoms with Gasteiger partial charge >= 0.3 is 0 Å². The second-order valence-corrected chi connectivity index (χ2v) is 14.3. The summed E-state index contributed by atoms with van der Waals surface area (Å²) in [6.07, 6.45) is 43.1. The molecule has 4 unspecified atom stereocenters. The predicted molar refractivity (Wildman–Crippen MR) is 210 cm³/mol. The number of carbonyl (C=O) groups excluding carboxylic acids is 1. The molecule has 0 fully saturated rings. The Bertz CT molecular complexity index is 782. The summed E-state index contributed by atoms with van der Waals surface area (Å²) in [6.45, 7) is 4.01. The van der Waals surface area contributed by atoms with Crippen LogP contribution in [-0.2, 0) is 4.79 Å². The van der Waals surface area contributed by atoms with Gasteiger partial charge in [-0.3, -0.25) is 4.79 Å². The van der Waals surface area contributed by atoms with Gasteiger partial charge in [0.1, 0.15) is 12.2 Å². The van der Waals surface area contributed by atoms with Crippen molar-refractivity contribution in [3.05, 3.63) is 36.5 Å². The minimum absolute atomic E-state index is 0.353. The monoisotopic (exact) mass is 692 g/mol. The SMILES string of the molecule is CCCCCCC/C=C/CC/C=C/CCCC(O)C(O)C(CO)NC(=O)C(O)CCCCCCCC/C=C\CCCCCCCCCCC. The third-order valence-corrected chi connectivity index (χ3v) is 9.55. The van der Waals surface area contributed by atoms with Gasteiger partial charge in [-0.2, -0.15) is 0 Å². The van der Waals surface area contributed by atoms with Crippen LogP contribution in [0.15, 0.2) is 36.5 Å². The van der Waals surface area contributed by atoms with E-state index in [4.69, 9.17) is 0 Å². The van der Waals surface area contributed by atoms with E-state index in [9.17, 15) is 25.2 Å². The first-order chi connectivity index (χ1) is 24.0. The van der Waals surface area contributed by atoms with Crippen molar-refractivity contribution in [3.63, 3.8) is 0 Å². The molecule has 0 aliphatic rings. The third-order valence-electron chi connectivity index (χ3n) is 9.55. The number of aliphatic hydroxyl groups is 4. The molecule has 0 bridgehead atoms. The fraction of sp³-hybridized carbons (Fsp3) is 0.837. The third kappa shape index (κ3) is 32.2.